The highest BCUT2D eigenvalue weighted by Crippen LogP contribution is 2.27. The summed E-state index contributed by atoms with van der Waals surface area (Å²) in [5.74, 6) is -1.15. The molecule has 21 heavy (non-hydrogen) atoms. The fourth-order valence-corrected chi connectivity index (χ4v) is 3.47. The van der Waals surface area contributed by atoms with Gasteiger partial charge in [0.2, 0.25) is 0 Å². The van der Waals surface area contributed by atoms with Crippen molar-refractivity contribution >= 4 is 23.2 Å². The maximum atomic E-state index is 12.6. The van der Waals surface area contributed by atoms with E-state index in [1.165, 1.54) is 16.2 Å². The van der Waals surface area contributed by atoms with Crippen molar-refractivity contribution in [1.82, 2.24) is 4.90 Å². The van der Waals surface area contributed by atoms with Crippen molar-refractivity contribution < 1.29 is 14.7 Å². The van der Waals surface area contributed by atoms with Gasteiger partial charge < -0.3 is 10.0 Å². The molecule has 108 valence electrons. The van der Waals surface area contributed by atoms with Crippen LogP contribution in [0.4, 0.5) is 0 Å². The van der Waals surface area contributed by atoms with Crippen LogP contribution in [0.5, 0.6) is 0 Å². The molecule has 2 aromatic rings. The number of carboxylic acid groups (broad SMARTS) is 1. The van der Waals surface area contributed by atoms with Crippen LogP contribution in [0.2, 0.25) is 0 Å². The molecule has 1 N–H and O–H groups in total. The van der Waals surface area contributed by atoms with Crippen molar-refractivity contribution in [3.05, 3.63) is 57.3 Å². The number of benzene rings is 1. The van der Waals surface area contributed by atoms with Gasteiger partial charge in [-0.1, -0.05) is 24.3 Å². The molecule has 1 unspecified atom stereocenters. The molecule has 5 heteroatoms. The highest BCUT2D eigenvalue weighted by atomic mass is 32.1. The lowest BCUT2D eigenvalue weighted by Crippen LogP contribution is -2.48. The van der Waals surface area contributed by atoms with Crippen LogP contribution in [0.1, 0.15) is 25.7 Å². The Balaban J connectivity index is 1.96. The topological polar surface area (TPSA) is 57.6 Å². The first kappa shape index (κ1) is 13.8. The maximum Gasteiger partial charge on any atom is 0.326 e. The van der Waals surface area contributed by atoms with E-state index in [-0.39, 0.29) is 5.91 Å². The molecule has 1 amide bonds. The third-order valence-corrected chi connectivity index (χ3v) is 4.73. The quantitative estimate of drug-likeness (QED) is 0.928. The molecule has 2 heterocycles. The summed E-state index contributed by atoms with van der Waals surface area (Å²) in [5, 5.41) is 9.44. The molecular weight excluding hydrogens is 286 g/mol. The summed E-state index contributed by atoms with van der Waals surface area (Å²) in [7, 11) is 0. The Morgan fingerprint density at radius 2 is 1.90 bits per heavy atom. The van der Waals surface area contributed by atoms with Crippen LogP contribution in [0.25, 0.3) is 0 Å². The standard InChI is InChI=1S/C16H15NO3S/c1-10-6-7-14(21-10)15(18)17-9-12-5-3-2-4-11(12)8-13(17)16(19)20/h2-7,13H,8-9H2,1H3,(H,19,20). The highest BCUT2D eigenvalue weighted by Gasteiger charge is 2.35. The van der Waals surface area contributed by atoms with Gasteiger partial charge in [0.1, 0.15) is 6.04 Å². The monoisotopic (exact) mass is 301 g/mol. The second-order valence-corrected chi connectivity index (χ2v) is 6.46. The first-order valence-electron chi connectivity index (χ1n) is 6.73. The minimum absolute atomic E-state index is 0.199. The Kier molecular flexibility index (Phi) is 3.51. The maximum absolute atomic E-state index is 12.6. The van der Waals surface area contributed by atoms with Crippen LogP contribution in [-0.2, 0) is 17.8 Å². The lowest BCUT2D eigenvalue weighted by molar-refractivity contribution is -0.142. The van der Waals surface area contributed by atoms with E-state index in [4.69, 9.17) is 0 Å². The predicted octanol–water partition coefficient (Wildman–Crippen LogP) is 2.71. The van der Waals surface area contributed by atoms with Crippen LogP contribution < -0.4 is 0 Å². The van der Waals surface area contributed by atoms with E-state index in [0.29, 0.717) is 17.8 Å². The summed E-state index contributed by atoms with van der Waals surface area (Å²) >= 11 is 1.40. The Hall–Kier alpha value is -2.14. The number of carbonyl (C=O) groups excluding carboxylic acids is 1. The molecule has 0 aliphatic carbocycles. The average molecular weight is 301 g/mol. The summed E-state index contributed by atoms with van der Waals surface area (Å²) < 4.78 is 0. The van der Waals surface area contributed by atoms with Crippen LogP contribution in [0.15, 0.2) is 36.4 Å². The third-order valence-electron chi connectivity index (χ3n) is 3.75. The highest BCUT2D eigenvalue weighted by molar-refractivity contribution is 7.13. The van der Waals surface area contributed by atoms with E-state index in [1.54, 1.807) is 6.07 Å². The zero-order valence-corrected chi connectivity index (χ0v) is 12.4. The zero-order valence-electron chi connectivity index (χ0n) is 11.6. The number of hydrogen-bond acceptors (Lipinski definition) is 3. The van der Waals surface area contributed by atoms with Crippen molar-refractivity contribution in [3.8, 4) is 0 Å². The summed E-state index contributed by atoms with van der Waals surface area (Å²) in [6.07, 6.45) is 0.363. The van der Waals surface area contributed by atoms with Crippen LogP contribution in [-0.4, -0.2) is 27.9 Å². The molecule has 0 radical (unpaired) electrons. The average Bonchev–Trinajstić information content (AvgIpc) is 2.91. The van der Waals surface area contributed by atoms with E-state index < -0.39 is 12.0 Å². The fourth-order valence-electron chi connectivity index (χ4n) is 2.65. The van der Waals surface area contributed by atoms with E-state index in [0.717, 1.165) is 16.0 Å². The van der Waals surface area contributed by atoms with Crippen LogP contribution in [0, 0.1) is 6.92 Å². The molecule has 0 spiro atoms. The van der Waals surface area contributed by atoms with Crippen molar-refractivity contribution in [2.75, 3.05) is 0 Å². The Morgan fingerprint density at radius 1 is 1.19 bits per heavy atom. The predicted molar refractivity (Wildman–Crippen MR) is 80.5 cm³/mol. The summed E-state index contributed by atoms with van der Waals surface area (Å²) in [5.41, 5.74) is 2.04. The molecule has 0 bridgehead atoms. The number of aliphatic carboxylic acids is 1. The number of carboxylic acids is 1. The molecule has 0 saturated heterocycles. The second-order valence-electron chi connectivity index (χ2n) is 5.17. The minimum atomic E-state index is -0.953. The molecule has 4 nitrogen and oxygen atoms in total. The number of aryl methyl sites for hydroxylation is 1. The van der Waals surface area contributed by atoms with E-state index in [1.807, 2.05) is 37.3 Å². The smallest absolute Gasteiger partial charge is 0.326 e. The van der Waals surface area contributed by atoms with Crippen molar-refractivity contribution in [3.63, 3.8) is 0 Å². The van der Waals surface area contributed by atoms with Gasteiger partial charge in [0.25, 0.3) is 5.91 Å². The molecule has 1 aromatic heterocycles. The van der Waals surface area contributed by atoms with Gasteiger partial charge in [-0.05, 0) is 30.2 Å². The summed E-state index contributed by atoms with van der Waals surface area (Å²) in [4.78, 5) is 27.2. The largest absolute Gasteiger partial charge is 0.480 e. The van der Waals surface area contributed by atoms with Gasteiger partial charge in [-0.25, -0.2) is 4.79 Å². The van der Waals surface area contributed by atoms with E-state index >= 15 is 0 Å². The van der Waals surface area contributed by atoms with Crippen molar-refractivity contribution in [2.24, 2.45) is 0 Å². The number of nitrogens with zero attached hydrogens (tertiary/aromatic N) is 1. The Labute approximate surface area is 126 Å². The number of fused-ring (bicyclic) bond motifs is 1. The van der Waals surface area contributed by atoms with Gasteiger partial charge >= 0.3 is 5.97 Å². The number of hydrogen-bond donors (Lipinski definition) is 1. The second kappa shape index (κ2) is 5.33. The van der Waals surface area contributed by atoms with Gasteiger partial charge in [0.15, 0.2) is 0 Å². The SMILES string of the molecule is Cc1ccc(C(=O)N2Cc3ccccc3CC2C(=O)O)s1. The van der Waals surface area contributed by atoms with E-state index in [9.17, 15) is 14.7 Å². The van der Waals surface area contributed by atoms with Gasteiger partial charge in [-0.15, -0.1) is 11.3 Å². The van der Waals surface area contributed by atoms with Crippen molar-refractivity contribution in [2.45, 2.75) is 25.9 Å². The molecule has 0 fully saturated rings. The minimum Gasteiger partial charge on any atom is -0.480 e. The van der Waals surface area contributed by atoms with Gasteiger partial charge in [0.05, 0.1) is 4.88 Å². The number of thiophene rings is 1. The molecule has 1 aliphatic rings. The molecule has 1 aromatic carbocycles. The first-order chi connectivity index (χ1) is 10.1. The van der Waals surface area contributed by atoms with Crippen molar-refractivity contribution in [1.29, 1.82) is 0 Å². The normalized spacial score (nSPS) is 17.4. The lowest BCUT2D eigenvalue weighted by atomic mass is 9.94. The Morgan fingerprint density at radius 3 is 2.52 bits per heavy atom. The van der Waals surface area contributed by atoms with Crippen LogP contribution in [0.3, 0.4) is 0 Å². The Bertz CT molecular complexity index is 707. The van der Waals surface area contributed by atoms with E-state index in [2.05, 4.69) is 0 Å². The molecule has 1 atom stereocenters. The molecule has 1 aliphatic heterocycles. The van der Waals surface area contributed by atoms with Gasteiger partial charge in [0, 0.05) is 17.8 Å². The number of carbonyl (C=O) groups is 2. The number of amides is 1. The fraction of sp³-hybridized carbons (Fsp3) is 0.250. The lowest BCUT2D eigenvalue weighted by Gasteiger charge is -2.34. The molecular formula is C16H15NO3S. The van der Waals surface area contributed by atoms with Gasteiger partial charge in [-0.3, -0.25) is 4.79 Å². The summed E-state index contributed by atoms with van der Waals surface area (Å²) in [6, 6.07) is 10.5. The first-order valence-corrected chi connectivity index (χ1v) is 7.55. The van der Waals surface area contributed by atoms with Crippen LogP contribution >= 0.6 is 11.3 Å². The third kappa shape index (κ3) is 2.56. The summed E-state index contributed by atoms with van der Waals surface area (Å²) in [6.45, 7) is 2.28. The number of rotatable bonds is 2. The zero-order chi connectivity index (χ0) is 15.0. The van der Waals surface area contributed by atoms with Gasteiger partial charge in [-0.2, -0.15) is 0 Å². The molecule has 0 saturated carbocycles. The molecule has 3 rings (SSSR count).